The molecular formula is C45H30N2S. The molecular weight excluding hydrogens is 601 g/mol. The van der Waals surface area contributed by atoms with Gasteiger partial charge in [-0.15, -0.1) is 11.3 Å². The van der Waals surface area contributed by atoms with Crippen LogP contribution in [0.25, 0.3) is 64.3 Å². The molecule has 7 aromatic carbocycles. The predicted molar refractivity (Wildman–Crippen MR) is 206 cm³/mol. The predicted octanol–water partition coefficient (Wildman–Crippen LogP) is 13.1. The maximum atomic E-state index is 4.91. The molecule has 0 aliphatic carbocycles. The highest BCUT2D eigenvalue weighted by atomic mass is 32.1. The van der Waals surface area contributed by atoms with Crippen LogP contribution >= 0.6 is 11.3 Å². The van der Waals surface area contributed by atoms with Crippen LogP contribution in [0.2, 0.25) is 0 Å². The molecule has 0 saturated carbocycles. The number of benzene rings is 7. The van der Waals surface area contributed by atoms with Gasteiger partial charge in [0.15, 0.2) is 0 Å². The van der Waals surface area contributed by atoms with Crippen LogP contribution in [0, 0.1) is 0 Å². The molecule has 0 aliphatic heterocycles. The third-order valence-electron chi connectivity index (χ3n) is 9.15. The SMILES string of the molecule is c1ccc(-c2ccc(N(c3ccc(-c4ccccc4)cc3-c3ccccc3)c3cncc4c3sc3ccc5ccccc5c34)cc2)cc1. The Morgan fingerprint density at radius 1 is 0.438 bits per heavy atom. The van der Waals surface area contributed by atoms with Crippen LogP contribution in [0.5, 0.6) is 0 Å². The second-order valence-corrected chi connectivity index (χ2v) is 13.1. The van der Waals surface area contributed by atoms with Gasteiger partial charge in [-0.1, -0.05) is 140 Å². The summed E-state index contributed by atoms with van der Waals surface area (Å²) in [6.45, 7) is 0. The fourth-order valence-corrected chi connectivity index (χ4v) is 8.03. The number of pyridine rings is 1. The molecule has 0 saturated heterocycles. The summed E-state index contributed by atoms with van der Waals surface area (Å²) in [5.41, 5.74) is 10.3. The van der Waals surface area contributed by atoms with Crippen LogP contribution in [0.1, 0.15) is 0 Å². The summed E-state index contributed by atoms with van der Waals surface area (Å²) in [5, 5.41) is 4.95. The normalized spacial score (nSPS) is 11.3. The molecule has 3 heteroatoms. The van der Waals surface area contributed by atoms with Crippen LogP contribution in [-0.2, 0) is 0 Å². The van der Waals surface area contributed by atoms with E-state index in [2.05, 4.69) is 175 Å². The largest absolute Gasteiger partial charge is 0.307 e. The van der Waals surface area contributed by atoms with E-state index >= 15 is 0 Å². The molecule has 226 valence electrons. The number of rotatable bonds is 6. The van der Waals surface area contributed by atoms with E-state index in [4.69, 9.17) is 4.98 Å². The van der Waals surface area contributed by atoms with Crippen LogP contribution in [0.15, 0.2) is 182 Å². The van der Waals surface area contributed by atoms with E-state index in [0.717, 1.165) is 22.6 Å². The number of thiophene rings is 1. The van der Waals surface area contributed by atoms with Crippen LogP contribution in [0.4, 0.5) is 17.1 Å². The summed E-state index contributed by atoms with van der Waals surface area (Å²) >= 11 is 1.84. The van der Waals surface area contributed by atoms with Crippen molar-refractivity contribution in [1.29, 1.82) is 0 Å². The van der Waals surface area contributed by atoms with Gasteiger partial charge < -0.3 is 4.90 Å². The van der Waals surface area contributed by atoms with Crippen LogP contribution < -0.4 is 4.90 Å². The zero-order valence-corrected chi connectivity index (χ0v) is 26.9. The van der Waals surface area contributed by atoms with Crippen molar-refractivity contribution in [2.75, 3.05) is 4.90 Å². The van der Waals surface area contributed by atoms with Crippen LogP contribution in [0.3, 0.4) is 0 Å². The Bertz CT molecular complexity index is 2540. The number of fused-ring (bicyclic) bond motifs is 5. The number of anilines is 3. The summed E-state index contributed by atoms with van der Waals surface area (Å²) in [6.07, 6.45) is 4.07. The summed E-state index contributed by atoms with van der Waals surface area (Å²) in [4.78, 5) is 7.31. The van der Waals surface area contributed by atoms with Gasteiger partial charge >= 0.3 is 0 Å². The third-order valence-corrected chi connectivity index (χ3v) is 10.3. The van der Waals surface area contributed by atoms with E-state index in [0.29, 0.717) is 0 Å². The lowest BCUT2D eigenvalue weighted by Gasteiger charge is -2.28. The first-order valence-electron chi connectivity index (χ1n) is 16.2. The summed E-state index contributed by atoms with van der Waals surface area (Å²) in [5.74, 6) is 0. The Morgan fingerprint density at radius 2 is 1.04 bits per heavy atom. The number of aromatic nitrogens is 1. The molecule has 0 unspecified atom stereocenters. The Hall–Kier alpha value is -6.03. The monoisotopic (exact) mass is 630 g/mol. The Labute approximate surface area is 283 Å². The second-order valence-electron chi connectivity index (χ2n) is 12.0. The van der Waals surface area contributed by atoms with Crippen molar-refractivity contribution in [2.45, 2.75) is 0 Å². The van der Waals surface area contributed by atoms with Gasteiger partial charge in [0.05, 0.1) is 22.3 Å². The lowest BCUT2D eigenvalue weighted by Crippen LogP contribution is -2.12. The fourth-order valence-electron chi connectivity index (χ4n) is 6.84. The Morgan fingerprint density at radius 3 is 1.77 bits per heavy atom. The van der Waals surface area contributed by atoms with E-state index < -0.39 is 0 Å². The van der Waals surface area contributed by atoms with E-state index in [-0.39, 0.29) is 0 Å². The smallest absolute Gasteiger partial charge is 0.0825 e. The molecule has 0 fully saturated rings. The van der Waals surface area contributed by atoms with Crippen molar-refractivity contribution in [3.8, 4) is 33.4 Å². The van der Waals surface area contributed by atoms with Gasteiger partial charge in [-0.25, -0.2) is 0 Å². The zero-order chi connectivity index (χ0) is 31.9. The van der Waals surface area contributed by atoms with Gasteiger partial charge in [0, 0.05) is 32.9 Å². The summed E-state index contributed by atoms with van der Waals surface area (Å²) in [7, 11) is 0. The molecule has 2 nitrogen and oxygen atoms in total. The van der Waals surface area contributed by atoms with Gasteiger partial charge in [0.1, 0.15) is 0 Å². The molecule has 0 aliphatic rings. The molecule has 0 spiro atoms. The quantitative estimate of drug-likeness (QED) is 0.182. The topological polar surface area (TPSA) is 16.1 Å². The first-order chi connectivity index (χ1) is 23.8. The van der Waals surface area contributed by atoms with Crippen molar-refractivity contribution in [1.82, 2.24) is 4.98 Å². The molecule has 0 radical (unpaired) electrons. The maximum absolute atomic E-state index is 4.91. The molecule has 2 aromatic heterocycles. The van der Waals surface area contributed by atoms with Crippen molar-refractivity contribution in [3.63, 3.8) is 0 Å². The highest BCUT2D eigenvalue weighted by Crippen LogP contribution is 2.48. The zero-order valence-electron chi connectivity index (χ0n) is 26.1. The molecule has 2 heterocycles. The van der Waals surface area contributed by atoms with Gasteiger partial charge in [-0.2, -0.15) is 0 Å². The van der Waals surface area contributed by atoms with Crippen molar-refractivity contribution in [3.05, 3.63) is 182 Å². The van der Waals surface area contributed by atoms with Gasteiger partial charge in [0.25, 0.3) is 0 Å². The van der Waals surface area contributed by atoms with Crippen molar-refractivity contribution < 1.29 is 0 Å². The first-order valence-corrected chi connectivity index (χ1v) is 17.0. The van der Waals surface area contributed by atoms with E-state index in [1.165, 1.54) is 58.8 Å². The molecule has 9 rings (SSSR count). The van der Waals surface area contributed by atoms with E-state index in [1.807, 2.05) is 23.7 Å². The lowest BCUT2D eigenvalue weighted by atomic mass is 9.96. The molecule has 0 bridgehead atoms. The standard InChI is InChI=1S/C45H30N2S/c1-4-12-31(13-5-1)33-20-24-37(25-21-33)47(41-26-22-36(32-14-6-2-7-15-32)28-39(41)34-16-8-3-9-17-34)42-30-46-29-40-44-38-19-11-10-18-35(38)23-27-43(44)48-45(40)42/h1-30H. The number of hydrogen-bond acceptors (Lipinski definition) is 3. The molecule has 0 atom stereocenters. The molecule has 9 aromatic rings. The molecule has 0 N–H and O–H groups in total. The maximum Gasteiger partial charge on any atom is 0.0825 e. The number of nitrogens with zero attached hydrogens (tertiary/aromatic N) is 2. The van der Waals surface area contributed by atoms with Crippen molar-refractivity contribution in [2.24, 2.45) is 0 Å². The van der Waals surface area contributed by atoms with Crippen molar-refractivity contribution >= 4 is 59.3 Å². The Kier molecular flexibility index (Phi) is 7.03. The van der Waals surface area contributed by atoms with Gasteiger partial charge in [0.2, 0.25) is 0 Å². The van der Waals surface area contributed by atoms with E-state index in [9.17, 15) is 0 Å². The minimum atomic E-state index is 1.06. The first kappa shape index (κ1) is 28.2. The summed E-state index contributed by atoms with van der Waals surface area (Å²) in [6, 6.07) is 60.8. The average Bonchev–Trinajstić information content (AvgIpc) is 3.57. The fraction of sp³-hybridized carbons (Fsp3) is 0. The number of hydrogen-bond donors (Lipinski definition) is 0. The minimum absolute atomic E-state index is 1.06. The lowest BCUT2D eigenvalue weighted by molar-refractivity contribution is 1.26. The average molecular weight is 631 g/mol. The highest BCUT2D eigenvalue weighted by Gasteiger charge is 2.22. The van der Waals surface area contributed by atoms with Gasteiger partial charge in [-0.3, -0.25) is 4.98 Å². The molecule has 0 amide bonds. The highest BCUT2D eigenvalue weighted by molar-refractivity contribution is 7.26. The van der Waals surface area contributed by atoms with E-state index in [1.54, 1.807) is 0 Å². The Balaban J connectivity index is 1.31. The second kappa shape index (κ2) is 12.0. The van der Waals surface area contributed by atoms with Crippen LogP contribution in [-0.4, -0.2) is 4.98 Å². The minimum Gasteiger partial charge on any atom is -0.307 e. The van der Waals surface area contributed by atoms with Gasteiger partial charge in [-0.05, 0) is 68.9 Å². The third kappa shape index (κ3) is 4.93. The summed E-state index contributed by atoms with van der Waals surface area (Å²) < 4.78 is 2.48. The molecule has 48 heavy (non-hydrogen) atoms.